The third-order valence-electron chi connectivity index (χ3n) is 4.18. The zero-order valence-electron chi connectivity index (χ0n) is 11.2. The zero-order chi connectivity index (χ0) is 11.6. The molecule has 16 heavy (non-hydrogen) atoms. The van der Waals surface area contributed by atoms with E-state index >= 15 is 0 Å². The van der Waals surface area contributed by atoms with Gasteiger partial charge in [0.15, 0.2) is 0 Å². The summed E-state index contributed by atoms with van der Waals surface area (Å²) in [4.78, 5) is 0. The summed E-state index contributed by atoms with van der Waals surface area (Å²) in [5, 5.41) is 0. The van der Waals surface area contributed by atoms with E-state index in [9.17, 15) is 0 Å². The molecule has 0 N–H and O–H groups in total. The van der Waals surface area contributed by atoms with Crippen LogP contribution in [-0.2, 0) is 0 Å². The van der Waals surface area contributed by atoms with Gasteiger partial charge in [0.2, 0.25) is 0 Å². The minimum absolute atomic E-state index is 0.967. The van der Waals surface area contributed by atoms with Gasteiger partial charge < -0.3 is 0 Å². The van der Waals surface area contributed by atoms with Crippen molar-refractivity contribution in [2.24, 2.45) is 11.8 Å². The number of rotatable bonds is 8. The van der Waals surface area contributed by atoms with Crippen molar-refractivity contribution in [3.63, 3.8) is 0 Å². The molecule has 0 unspecified atom stereocenters. The van der Waals surface area contributed by atoms with Gasteiger partial charge >= 0.3 is 0 Å². The van der Waals surface area contributed by atoms with Crippen molar-refractivity contribution in [3.05, 3.63) is 12.7 Å². The number of hydrogen-bond acceptors (Lipinski definition) is 0. The Bertz CT molecular complexity index is 163. The third kappa shape index (κ3) is 5.72. The molecule has 0 aromatic rings. The molecule has 94 valence electrons. The van der Waals surface area contributed by atoms with Crippen LogP contribution in [0, 0.1) is 11.8 Å². The molecule has 0 aromatic heterocycles. The summed E-state index contributed by atoms with van der Waals surface area (Å²) in [5.74, 6) is 2.02. The molecule has 0 atom stereocenters. The van der Waals surface area contributed by atoms with Crippen LogP contribution in [0.2, 0.25) is 0 Å². The lowest BCUT2D eigenvalue weighted by Crippen LogP contribution is -2.14. The minimum atomic E-state index is 0.967. The second-order valence-corrected chi connectivity index (χ2v) is 5.61. The highest BCUT2D eigenvalue weighted by molar-refractivity contribution is 4.78. The molecule has 0 bridgehead atoms. The smallest absolute Gasteiger partial charge is 0.0325 e. The molecule has 0 heteroatoms. The Hall–Kier alpha value is -0.260. The first-order valence-electron chi connectivity index (χ1n) is 7.47. The first-order valence-corrected chi connectivity index (χ1v) is 7.47. The highest BCUT2D eigenvalue weighted by Gasteiger charge is 2.19. The van der Waals surface area contributed by atoms with E-state index in [1.165, 1.54) is 70.6 Å². The molecule has 0 amide bonds. The summed E-state index contributed by atoms with van der Waals surface area (Å²) < 4.78 is 0. The van der Waals surface area contributed by atoms with E-state index in [1.54, 1.807) is 0 Å². The van der Waals surface area contributed by atoms with Crippen LogP contribution < -0.4 is 0 Å². The van der Waals surface area contributed by atoms with Crippen LogP contribution in [0.5, 0.6) is 0 Å². The van der Waals surface area contributed by atoms with Gasteiger partial charge in [-0.05, 0) is 31.1 Å². The maximum atomic E-state index is 3.85. The fraction of sp³-hybridized carbons (Fsp3) is 0.875. The topological polar surface area (TPSA) is 0 Å². The average molecular weight is 222 g/mol. The van der Waals surface area contributed by atoms with Crippen molar-refractivity contribution in [1.82, 2.24) is 0 Å². The highest BCUT2D eigenvalue weighted by Crippen LogP contribution is 2.33. The molecule has 0 spiro atoms. The van der Waals surface area contributed by atoms with Crippen molar-refractivity contribution in [2.75, 3.05) is 0 Å². The molecule has 0 saturated heterocycles. The van der Waals surface area contributed by atoms with Crippen molar-refractivity contribution >= 4 is 0 Å². The molecule has 0 aromatic carbocycles. The normalized spacial score (nSPS) is 25.6. The molecule has 0 radical (unpaired) electrons. The average Bonchev–Trinajstić information content (AvgIpc) is 2.31. The largest absolute Gasteiger partial charge is 0.103 e. The van der Waals surface area contributed by atoms with Crippen LogP contribution in [0.25, 0.3) is 0 Å². The van der Waals surface area contributed by atoms with Gasteiger partial charge in [-0.2, -0.15) is 0 Å². The van der Waals surface area contributed by atoms with Gasteiger partial charge in [-0.15, -0.1) is 6.58 Å². The number of allylic oxidation sites excluding steroid dienone is 1. The van der Waals surface area contributed by atoms with E-state index < -0.39 is 0 Å². The van der Waals surface area contributed by atoms with Gasteiger partial charge in [0.05, 0.1) is 0 Å². The number of hydrogen-bond donors (Lipinski definition) is 0. The second kappa shape index (κ2) is 8.84. The molecule has 1 aliphatic carbocycles. The predicted octanol–water partition coefficient (Wildman–Crippen LogP) is 5.73. The van der Waals surface area contributed by atoms with E-state index in [4.69, 9.17) is 0 Å². The molecule has 0 nitrogen and oxygen atoms in total. The summed E-state index contributed by atoms with van der Waals surface area (Å²) in [6.45, 7) is 6.14. The van der Waals surface area contributed by atoms with Crippen LogP contribution in [0.15, 0.2) is 12.7 Å². The lowest BCUT2D eigenvalue weighted by atomic mass is 9.78. The van der Waals surface area contributed by atoms with Crippen LogP contribution >= 0.6 is 0 Å². The molecule has 1 fully saturated rings. The fourth-order valence-electron chi connectivity index (χ4n) is 3.03. The monoisotopic (exact) mass is 222 g/mol. The lowest BCUT2D eigenvalue weighted by molar-refractivity contribution is 0.259. The Kier molecular flexibility index (Phi) is 7.63. The molecular formula is C16H30. The van der Waals surface area contributed by atoms with Crippen molar-refractivity contribution in [1.29, 1.82) is 0 Å². The van der Waals surface area contributed by atoms with Gasteiger partial charge in [-0.25, -0.2) is 0 Å². The Labute approximate surface area is 103 Å². The summed E-state index contributed by atoms with van der Waals surface area (Å²) in [6, 6.07) is 0. The Morgan fingerprint density at radius 1 is 0.938 bits per heavy atom. The van der Waals surface area contributed by atoms with Gasteiger partial charge in [0.1, 0.15) is 0 Å². The first kappa shape index (κ1) is 13.8. The van der Waals surface area contributed by atoms with Gasteiger partial charge in [0.25, 0.3) is 0 Å². The van der Waals surface area contributed by atoms with Crippen LogP contribution in [-0.4, -0.2) is 0 Å². The molecular weight excluding hydrogens is 192 g/mol. The quantitative estimate of drug-likeness (QED) is 0.363. The standard InChI is InChI=1S/C16H30/c1-3-5-6-7-8-10-16-13-11-15(9-4-2)12-14-16/h4,15-16H,2-3,5-14H2,1H3. The van der Waals surface area contributed by atoms with Crippen LogP contribution in [0.1, 0.15) is 77.6 Å². The van der Waals surface area contributed by atoms with E-state index in [-0.39, 0.29) is 0 Å². The Morgan fingerprint density at radius 3 is 2.19 bits per heavy atom. The predicted molar refractivity (Wildman–Crippen MR) is 73.6 cm³/mol. The second-order valence-electron chi connectivity index (χ2n) is 5.61. The van der Waals surface area contributed by atoms with Crippen molar-refractivity contribution < 1.29 is 0 Å². The molecule has 0 aliphatic heterocycles. The van der Waals surface area contributed by atoms with E-state index in [0.29, 0.717) is 0 Å². The molecule has 1 aliphatic rings. The first-order chi connectivity index (χ1) is 7.86. The zero-order valence-corrected chi connectivity index (χ0v) is 11.2. The Morgan fingerprint density at radius 2 is 1.56 bits per heavy atom. The van der Waals surface area contributed by atoms with Crippen LogP contribution in [0.4, 0.5) is 0 Å². The Balaban J connectivity index is 1.97. The van der Waals surface area contributed by atoms with E-state index in [2.05, 4.69) is 19.6 Å². The van der Waals surface area contributed by atoms with E-state index in [0.717, 1.165) is 11.8 Å². The summed E-state index contributed by atoms with van der Waals surface area (Å²) in [6.07, 6.45) is 18.0. The summed E-state index contributed by atoms with van der Waals surface area (Å²) >= 11 is 0. The minimum Gasteiger partial charge on any atom is -0.103 e. The van der Waals surface area contributed by atoms with Crippen molar-refractivity contribution in [2.45, 2.75) is 77.6 Å². The van der Waals surface area contributed by atoms with Gasteiger partial charge in [-0.3, -0.25) is 0 Å². The van der Waals surface area contributed by atoms with E-state index in [1.807, 2.05) is 0 Å². The molecule has 1 rings (SSSR count). The van der Waals surface area contributed by atoms with Crippen molar-refractivity contribution in [3.8, 4) is 0 Å². The summed E-state index contributed by atoms with van der Waals surface area (Å²) in [7, 11) is 0. The van der Waals surface area contributed by atoms with Crippen LogP contribution in [0.3, 0.4) is 0 Å². The SMILES string of the molecule is C=CCC1CCC(CCCCCCC)CC1. The third-order valence-corrected chi connectivity index (χ3v) is 4.18. The lowest BCUT2D eigenvalue weighted by Gasteiger charge is -2.27. The maximum absolute atomic E-state index is 3.85. The molecule has 0 heterocycles. The summed E-state index contributed by atoms with van der Waals surface area (Å²) in [5.41, 5.74) is 0. The molecule has 1 saturated carbocycles. The van der Waals surface area contributed by atoms with Gasteiger partial charge in [0, 0.05) is 0 Å². The maximum Gasteiger partial charge on any atom is -0.0325 e. The highest BCUT2D eigenvalue weighted by atomic mass is 14.2. The van der Waals surface area contributed by atoms with Gasteiger partial charge in [-0.1, -0.05) is 64.4 Å². The number of unbranched alkanes of at least 4 members (excludes halogenated alkanes) is 4. The fourth-order valence-corrected chi connectivity index (χ4v) is 3.03.